The maximum Gasteiger partial charge on any atom is 0.195 e. The van der Waals surface area contributed by atoms with E-state index in [0.29, 0.717) is 22.4 Å². The molecule has 1 heterocycles. The lowest BCUT2D eigenvalue weighted by atomic mass is 10.1. The summed E-state index contributed by atoms with van der Waals surface area (Å²) >= 11 is 6.45. The molecule has 0 aliphatic heterocycles. The summed E-state index contributed by atoms with van der Waals surface area (Å²) in [5.41, 5.74) is 3.03. The lowest BCUT2D eigenvalue weighted by molar-refractivity contribution is 0.101. The van der Waals surface area contributed by atoms with Crippen molar-refractivity contribution in [1.29, 1.82) is 0 Å². The summed E-state index contributed by atoms with van der Waals surface area (Å²) in [6, 6.07) is 28.5. The Balaban J connectivity index is 1.65. The van der Waals surface area contributed by atoms with Crippen molar-refractivity contribution in [3.05, 3.63) is 112 Å². The molecule has 30 heavy (non-hydrogen) atoms. The topological polar surface area (TPSA) is 34.1 Å². The van der Waals surface area contributed by atoms with E-state index < -0.39 is 0 Å². The van der Waals surface area contributed by atoms with Gasteiger partial charge < -0.3 is 0 Å². The first kappa shape index (κ1) is 20.8. The van der Waals surface area contributed by atoms with E-state index in [1.165, 1.54) is 11.8 Å². The molecule has 0 aliphatic carbocycles. The minimum Gasteiger partial charge on any atom is -0.293 e. The van der Waals surface area contributed by atoms with Gasteiger partial charge in [-0.05, 0) is 23.8 Å². The van der Waals surface area contributed by atoms with Crippen LogP contribution >= 0.6 is 39.0 Å². The van der Waals surface area contributed by atoms with Crippen LogP contribution in [0.3, 0.4) is 0 Å². The summed E-state index contributed by atoms with van der Waals surface area (Å²) in [6.07, 6.45) is 0. The van der Waals surface area contributed by atoms with Crippen LogP contribution in [0.5, 0.6) is 0 Å². The molecular weight excluding hydrogens is 476 g/mol. The van der Waals surface area contributed by atoms with E-state index in [-0.39, 0.29) is 11.6 Å². The minimum atomic E-state index is -0.0233. The summed E-state index contributed by atoms with van der Waals surface area (Å²) in [6.45, 7) is 0. The van der Waals surface area contributed by atoms with Crippen LogP contribution in [-0.4, -0.2) is 17.3 Å². The SMILES string of the molecule is O=C(CSc1sc(-c2ccc(Br)cc2)cc1C(=O)c1ccccc1)c1ccccc1. The van der Waals surface area contributed by atoms with Gasteiger partial charge in [-0.2, -0.15) is 0 Å². The lowest BCUT2D eigenvalue weighted by Crippen LogP contribution is -2.04. The molecule has 2 nitrogen and oxygen atoms in total. The normalized spacial score (nSPS) is 10.7. The second kappa shape index (κ2) is 9.56. The van der Waals surface area contributed by atoms with Crippen LogP contribution in [0.4, 0.5) is 0 Å². The van der Waals surface area contributed by atoms with E-state index in [4.69, 9.17) is 0 Å². The molecule has 148 valence electrons. The Labute approximate surface area is 192 Å². The van der Waals surface area contributed by atoms with Crippen molar-refractivity contribution in [3.63, 3.8) is 0 Å². The van der Waals surface area contributed by atoms with Crippen LogP contribution < -0.4 is 0 Å². The van der Waals surface area contributed by atoms with Gasteiger partial charge in [-0.15, -0.1) is 23.1 Å². The summed E-state index contributed by atoms with van der Waals surface area (Å²) in [5, 5.41) is 0. The van der Waals surface area contributed by atoms with Gasteiger partial charge in [0.1, 0.15) is 0 Å². The van der Waals surface area contributed by atoms with Crippen LogP contribution in [0.1, 0.15) is 26.3 Å². The van der Waals surface area contributed by atoms with Crippen LogP contribution in [0, 0.1) is 0 Å². The van der Waals surface area contributed by atoms with Crippen molar-refractivity contribution in [2.24, 2.45) is 0 Å². The molecule has 4 rings (SSSR count). The van der Waals surface area contributed by atoms with Gasteiger partial charge in [-0.25, -0.2) is 0 Å². The quantitative estimate of drug-likeness (QED) is 0.199. The number of halogens is 1. The van der Waals surface area contributed by atoms with Gasteiger partial charge in [0, 0.05) is 26.0 Å². The van der Waals surface area contributed by atoms with Gasteiger partial charge >= 0.3 is 0 Å². The Bertz CT molecular complexity index is 1170. The first-order valence-corrected chi connectivity index (χ1v) is 11.9. The fraction of sp³-hybridized carbons (Fsp3) is 0.0400. The molecule has 0 N–H and O–H groups in total. The van der Waals surface area contributed by atoms with Crippen LogP contribution in [0.15, 0.2) is 99.7 Å². The molecule has 0 saturated heterocycles. The molecule has 0 atom stereocenters. The molecule has 1 aromatic heterocycles. The van der Waals surface area contributed by atoms with Crippen LogP contribution in [-0.2, 0) is 0 Å². The van der Waals surface area contributed by atoms with Crippen LogP contribution in [0.25, 0.3) is 10.4 Å². The highest BCUT2D eigenvalue weighted by Crippen LogP contribution is 2.39. The molecule has 5 heteroatoms. The lowest BCUT2D eigenvalue weighted by Gasteiger charge is -2.03. The van der Waals surface area contributed by atoms with Crippen molar-refractivity contribution in [3.8, 4) is 10.4 Å². The molecule has 0 aliphatic rings. The number of hydrogen-bond donors (Lipinski definition) is 0. The van der Waals surface area contributed by atoms with Crippen molar-refractivity contribution >= 4 is 50.6 Å². The molecule has 3 aromatic carbocycles. The van der Waals surface area contributed by atoms with Gasteiger partial charge in [0.2, 0.25) is 0 Å². The fourth-order valence-corrected chi connectivity index (χ4v) is 5.55. The van der Waals surface area contributed by atoms with E-state index >= 15 is 0 Å². The van der Waals surface area contributed by atoms with E-state index in [1.807, 2.05) is 91.0 Å². The van der Waals surface area contributed by atoms with Gasteiger partial charge in [0.25, 0.3) is 0 Å². The fourth-order valence-electron chi connectivity index (χ4n) is 2.98. The summed E-state index contributed by atoms with van der Waals surface area (Å²) in [4.78, 5) is 26.8. The maximum atomic E-state index is 13.2. The third-order valence-electron chi connectivity index (χ3n) is 4.54. The zero-order valence-electron chi connectivity index (χ0n) is 15.9. The largest absolute Gasteiger partial charge is 0.293 e. The Kier molecular flexibility index (Phi) is 6.62. The molecular formula is C25H17BrO2S2. The number of hydrogen-bond acceptors (Lipinski definition) is 4. The first-order valence-electron chi connectivity index (χ1n) is 9.32. The number of thiophene rings is 1. The van der Waals surface area contributed by atoms with Gasteiger partial charge in [-0.1, -0.05) is 88.7 Å². The smallest absolute Gasteiger partial charge is 0.195 e. The Hall–Kier alpha value is -2.47. The highest BCUT2D eigenvalue weighted by molar-refractivity contribution is 9.10. The maximum absolute atomic E-state index is 13.2. The molecule has 0 spiro atoms. The predicted molar refractivity (Wildman–Crippen MR) is 129 cm³/mol. The zero-order chi connectivity index (χ0) is 20.9. The number of thioether (sulfide) groups is 1. The average Bonchev–Trinajstić information content (AvgIpc) is 3.23. The Morgan fingerprint density at radius 2 is 1.40 bits per heavy atom. The standard InChI is InChI=1S/C25H17BrO2S2/c26-20-13-11-18(12-14-20)23-15-21(24(28)19-9-5-2-6-10-19)25(30-23)29-16-22(27)17-7-3-1-4-8-17/h1-15H,16H2. The second-order valence-corrected chi connectivity index (χ2v) is 9.80. The third kappa shape index (κ3) is 4.81. The van der Waals surface area contributed by atoms with Crippen molar-refractivity contribution < 1.29 is 9.59 Å². The summed E-state index contributed by atoms with van der Waals surface area (Å²) in [5.74, 6) is 0.321. The number of carbonyl (C=O) groups is 2. The number of benzene rings is 3. The monoisotopic (exact) mass is 492 g/mol. The Morgan fingerprint density at radius 1 is 0.800 bits per heavy atom. The zero-order valence-corrected chi connectivity index (χ0v) is 19.1. The summed E-state index contributed by atoms with van der Waals surface area (Å²) in [7, 11) is 0. The highest BCUT2D eigenvalue weighted by atomic mass is 79.9. The van der Waals surface area contributed by atoms with E-state index in [2.05, 4.69) is 15.9 Å². The van der Waals surface area contributed by atoms with Gasteiger partial charge in [0.05, 0.1) is 9.96 Å². The second-order valence-electron chi connectivity index (χ2n) is 6.59. The highest BCUT2D eigenvalue weighted by Gasteiger charge is 2.20. The molecule has 0 bridgehead atoms. The van der Waals surface area contributed by atoms with Crippen molar-refractivity contribution in [2.45, 2.75) is 4.21 Å². The molecule has 0 fully saturated rings. The molecule has 0 amide bonds. The molecule has 4 aromatic rings. The van der Waals surface area contributed by atoms with Gasteiger partial charge in [-0.3, -0.25) is 9.59 Å². The number of rotatable bonds is 7. The van der Waals surface area contributed by atoms with E-state index in [1.54, 1.807) is 11.3 Å². The Morgan fingerprint density at radius 3 is 2.03 bits per heavy atom. The molecule has 0 unspecified atom stereocenters. The number of ketones is 2. The first-order chi connectivity index (χ1) is 14.6. The third-order valence-corrected chi connectivity index (χ3v) is 7.54. The number of carbonyl (C=O) groups excluding carboxylic acids is 2. The average molecular weight is 493 g/mol. The van der Waals surface area contributed by atoms with Crippen molar-refractivity contribution in [1.82, 2.24) is 0 Å². The van der Waals surface area contributed by atoms with Crippen molar-refractivity contribution in [2.75, 3.05) is 5.75 Å². The number of Topliss-reactive ketones (excluding diaryl/α,β-unsaturated/α-hetero) is 1. The molecule has 0 saturated carbocycles. The minimum absolute atomic E-state index is 0.0233. The predicted octanol–water partition coefficient (Wildman–Crippen LogP) is 7.38. The molecule has 0 radical (unpaired) electrons. The van der Waals surface area contributed by atoms with E-state index in [0.717, 1.165) is 19.1 Å². The summed E-state index contributed by atoms with van der Waals surface area (Å²) < 4.78 is 1.87. The van der Waals surface area contributed by atoms with Gasteiger partial charge in [0.15, 0.2) is 11.6 Å². The van der Waals surface area contributed by atoms with E-state index in [9.17, 15) is 9.59 Å². The van der Waals surface area contributed by atoms with Crippen LogP contribution in [0.2, 0.25) is 0 Å².